The van der Waals surface area contributed by atoms with Gasteiger partial charge in [-0.2, -0.15) is 0 Å². The number of nitrogens with zero attached hydrogens (tertiary/aromatic N) is 5. The SMILES string of the molecule is [2H]C([2H])([2H])C(N)(c1ccccc1)[C@H]1O[C@H](n2cnc3c(NCc4ccccc4)nc(-c4ncccc4C(=O)NC)nc32)[C@@H](O)[C@H]1O. The normalized spacial score (nSPS) is 22.7. The van der Waals surface area contributed by atoms with Crippen LogP contribution in [0.2, 0.25) is 0 Å². The minimum Gasteiger partial charge on any atom is -0.387 e. The lowest BCUT2D eigenvalue weighted by Gasteiger charge is -2.33. The third kappa shape index (κ3) is 5.21. The van der Waals surface area contributed by atoms with Crippen LogP contribution >= 0.6 is 0 Å². The van der Waals surface area contributed by atoms with E-state index in [0.29, 0.717) is 17.9 Å². The van der Waals surface area contributed by atoms with Crippen molar-refractivity contribution in [2.24, 2.45) is 5.73 Å². The first kappa shape index (κ1) is 24.8. The number of aliphatic hydroxyl groups excluding tert-OH is 2. The van der Waals surface area contributed by atoms with Crippen molar-refractivity contribution >= 4 is 22.9 Å². The van der Waals surface area contributed by atoms with Gasteiger partial charge in [-0.15, -0.1) is 0 Å². The van der Waals surface area contributed by atoms with E-state index in [1.165, 1.54) is 36.3 Å². The fraction of sp³-hybridized carbons (Fsp3) is 0.258. The predicted molar refractivity (Wildman–Crippen MR) is 160 cm³/mol. The number of benzene rings is 2. The molecule has 6 rings (SSSR count). The molecule has 12 nitrogen and oxygen atoms in total. The molecule has 1 unspecified atom stereocenters. The fourth-order valence-corrected chi connectivity index (χ4v) is 5.16. The Morgan fingerprint density at radius 2 is 1.79 bits per heavy atom. The molecule has 1 fully saturated rings. The van der Waals surface area contributed by atoms with Crippen molar-refractivity contribution in [3.05, 3.63) is 102 Å². The number of ether oxygens (including phenoxy) is 1. The number of fused-ring (bicyclic) bond motifs is 1. The molecule has 5 atom stereocenters. The summed E-state index contributed by atoms with van der Waals surface area (Å²) < 4.78 is 32.4. The van der Waals surface area contributed by atoms with E-state index in [-0.39, 0.29) is 28.3 Å². The van der Waals surface area contributed by atoms with Gasteiger partial charge in [-0.25, -0.2) is 15.0 Å². The first-order chi connectivity index (χ1) is 22.0. The number of anilines is 1. The van der Waals surface area contributed by atoms with Crippen LogP contribution in [0.5, 0.6) is 0 Å². The number of nitrogens with one attached hydrogen (secondary N) is 2. The first-order valence-electron chi connectivity index (χ1n) is 15.1. The van der Waals surface area contributed by atoms with Gasteiger partial charge in [-0.05, 0) is 30.1 Å². The van der Waals surface area contributed by atoms with Gasteiger partial charge in [0.25, 0.3) is 5.91 Å². The number of carbonyl (C=O) groups is 1. The number of nitrogens with two attached hydrogens (primary N) is 1. The Morgan fingerprint density at radius 3 is 2.51 bits per heavy atom. The maximum atomic E-state index is 12.7. The second-order valence-corrected chi connectivity index (χ2v) is 10.2. The Kier molecular flexibility index (Phi) is 6.63. The van der Waals surface area contributed by atoms with Gasteiger partial charge in [0.1, 0.15) is 24.0 Å². The molecule has 0 saturated carbocycles. The van der Waals surface area contributed by atoms with E-state index in [1.54, 1.807) is 30.3 Å². The highest BCUT2D eigenvalue weighted by molar-refractivity contribution is 5.99. The molecule has 0 aliphatic carbocycles. The molecule has 12 heteroatoms. The summed E-state index contributed by atoms with van der Waals surface area (Å²) >= 11 is 0. The lowest BCUT2D eigenvalue weighted by Crippen LogP contribution is -2.51. The van der Waals surface area contributed by atoms with E-state index < -0.39 is 42.8 Å². The highest BCUT2D eigenvalue weighted by Crippen LogP contribution is 2.39. The standard InChI is InChI=1S/C31H32N8O4/c1-31(32,19-12-7-4-8-13-19)25-23(40)24(41)30(43-25)39-17-36-22-26(35-16-18-10-5-3-6-11-18)37-27(38-28(22)39)21-20(29(42)33-2)14-9-15-34-21/h3-15,17,23-25,30,40-41H,16,32H2,1-2H3,(H,33,42)(H,35,37,38)/t23-,24+,25+,30+,31?/m1/s1/i1D3. The van der Waals surface area contributed by atoms with Crippen LogP contribution in [-0.2, 0) is 16.8 Å². The summed E-state index contributed by atoms with van der Waals surface area (Å²) in [6.07, 6.45) is -3.34. The second-order valence-electron chi connectivity index (χ2n) is 10.2. The Morgan fingerprint density at radius 1 is 1.05 bits per heavy atom. The smallest absolute Gasteiger partial charge is 0.253 e. The zero-order valence-corrected chi connectivity index (χ0v) is 23.1. The quantitative estimate of drug-likeness (QED) is 0.182. The number of hydrogen-bond donors (Lipinski definition) is 5. The number of amides is 1. The molecular weight excluding hydrogens is 548 g/mol. The first-order valence-corrected chi connectivity index (χ1v) is 13.6. The Hall–Kier alpha value is -4.75. The largest absolute Gasteiger partial charge is 0.387 e. The topological polar surface area (TPSA) is 173 Å². The maximum absolute atomic E-state index is 12.7. The van der Waals surface area contributed by atoms with Crippen LogP contribution in [0.25, 0.3) is 22.7 Å². The summed E-state index contributed by atoms with van der Waals surface area (Å²) in [6.45, 7) is -2.46. The number of aromatic nitrogens is 5. The summed E-state index contributed by atoms with van der Waals surface area (Å²) in [5.41, 5.74) is 6.46. The van der Waals surface area contributed by atoms with Crippen LogP contribution in [0.4, 0.5) is 5.82 Å². The Labute approximate surface area is 251 Å². The third-order valence-corrected chi connectivity index (χ3v) is 7.43. The molecule has 2 aromatic carbocycles. The van der Waals surface area contributed by atoms with Crippen molar-refractivity contribution in [3.8, 4) is 11.5 Å². The Bertz CT molecular complexity index is 1860. The van der Waals surface area contributed by atoms with Crippen molar-refractivity contribution in [2.75, 3.05) is 12.4 Å². The lowest BCUT2D eigenvalue weighted by molar-refractivity contribution is -0.0608. The van der Waals surface area contributed by atoms with E-state index in [4.69, 9.17) is 14.6 Å². The minimum atomic E-state index is -2.83. The van der Waals surface area contributed by atoms with Crippen molar-refractivity contribution < 1.29 is 23.9 Å². The number of pyridine rings is 1. The molecule has 1 aliphatic heterocycles. The highest BCUT2D eigenvalue weighted by Gasteiger charge is 2.51. The molecule has 1 aliphatic rings. The molecule has 3 aromatic heterocycles. The highest BCUT2D eigenvalue weighted by atomic mass is 16.6. The molecule has 6 N–H and O–H groups in total. The summed E-state index contributed by atoms with van der Waals surface area (Å²) in [6, 6.07) is 20.9. The summed E-state index contributed by atoms with van der Waals surface area (Å²) in [7, 11) is 1.50. The number of rotatable bonds is 8. The maximum Gasteiger partial charge on any atom is 0.253 e. The van der Waals surface area contributed by atoms with Crippen LogP contribution in [0.15, 0.2) is 85.3 Å². The van der Waals surface area contributed by atoms with Gasteiger partial charge >= 0.3 is 0 Å². The Balaban J connectivity index is 1.47. The van der Waals surface area contributed by atoms with Crippen molar-refractivity contribution in [2.45, 2.75) is 43.5 Å². The zero-order valence-electron chi connectivity index (χ0n) is 26.1. The van der Waals surface area contributed by atoms with Gasteiger partial charge in [-0.1, -0.05) is 60.7 Å². The molecule has 5 aromatic rings. The van der Waals surface area contributed by atoms with Crippen molar-refractivity contribution in [1.29, 1.82) is 0 Å². The van der Waals surface area contributed by atoms with Crippen LogP contribution in [0.3, 0.4) is 0 Å². The van der Waals surface area contributed by atoms with E-state index in [1.807, 2.05) is 30.3 Å². The molecule has 4 heterocycles. The van der Waals surface area contributed by atoms with E-state index in [9.17, 15) is 15.0 Å². The van der Waals surface area contributed by atoms with Crippen molar-refractivity contribution in [3.63, 3.8) is 0 Å². The lowest BCUT2D eigenvalue weighted by atomic mass is 9.84. The minimum absolute atomic E-state index is 0.0774. The summed E-state index contributed by atoms with van der Waals surface area (Å²) in [5, 5.41) is 28.4. The van der Waals surface area contributed by atoms with Crippen LogP contribution in [0.1, 0.15) is 38.7 Å². The summed E-state index contributed by atoms with van der Waals surface area (Å²) in [4.78, 5) is 31.0. The predicted octanol–water partition coefficient (Wildman–Crippen LogP) is 2.35. The van der Waals surface area contributed by atoms with Gasteiger partial charge in [0.15, 0.2) is 29.0 Å². The van der Waals surface area contributed by atoms with E-state index >= 15 is 0 Å². The average molecular weight is 584 g/mol. The van der Waals surface area contributed by atoms with Gasteiger partial charge in [0.05, 0.1) is 17.4 Å². The zero-order chi connectivity index (χ0) is 32.6. The number of carbonyl (C=O) groups excluding carboxylic acids is 1. The number of hydrogen-bond acceptors (Lipinski definition) is 10. The molecule has 0 radical (unpaired) electrons. The molecule has 1 amide bonds. The molecule has 1 saturated heterocycles. The average Bonchev–Trinajstić information content (AvgIpc) is 3.63. The monoisotopic (exact) mass is 583 g/mol. The van der Waals surface area contributed by atoms with Crippen LogP contribution in [-0.4, -0.2) is 66.0 Å². The molecule has 220 valence electrons. The second kappa shape index (κ2) is 11.5. The molecule has 0 spiro atoms. The van der Waals surface area contributed by atoms with Crippen LogP contribution in [0, 0.1) is 0 Å². The molecule has 0 bridgehead atoms. The fourth-order valence-electron chi connectivity index (χ4n) is 5.16. The van der Waals surface area contributed by atoms with Gasteiger partial charge in [0.2, 0.25) is 0 Å². The van der Waals surface area contributed by atoms with E-state index in [0.717, 1.165) is 5.56 Å². The summed E-state index contributed by atoms with van der Waals surface area (Å²) in [5.74, 6) is -0.0151. The van der Waals surface area contributed by atoms with Gasteiger partial charge < -0.3 is 31.3 Å². The van der Waals surface area contributed by atoms with Gasteiger partial charge in [0, 0.05) is 23.9 Å². The van der Waals surface area contributed by atoms with Gasteiger partial charge in [-0.3, -0.25) is 14.3 Å². The van der Waals surface area contributed by atoms with Crippen molar-refractivity contribution in [1.82, 2.24) is 29.8 Å². The molecular formula is C31H32N8O4. The molecule has 43 heavy (non-hydrogen) atoms. The number of imidazole rings is 1. The third-order valence-electron chi connectivity index (χ3n) is 7.43. The number of aliphatic hydroxyl groups is 2. The van der Waals surface area contributed by atoms with E-state index in [2.05, 4.69) is 30.6 Å². The van der Waals surface area contributed by atoms with Crippen LogP contribution < -0.4 is 16.4 Å².